The van der Waals surface area contributed by atoms with Gasteiger partial charge in [-0.3, -0.25) is 0 Å². The standard InChI is InChI=1S/C23H25N3O8/c1-4-31-22(28)20-17(25-23(29)26-21(20)18-10-5-14(2)34-18)12-32-19(27)13-33-24-11-15-6-8-16(30-3)9-7-15/h5-11,21H,4,12-13H2,1-3H3,(H2,25,26,29)/b24-11+. The summed E-state index contributed by atoms with van der Waals surface area (Å²) in [6.45, 7) is 2.65. The van der Waals surface area contributed by atoms with Crippen molar-refractivity contribution in [2.24, 2.45) is 5.16 Å². The second kappa shape index (κ2) is 11.5. The molecule has 1 aliphatic rings. The zero-order valence-electron chi connectivity index (χ0n) is 19.0. The van der Waals surface area contributed by atoms with Gasteiger partial charge in [-0.1, -0.05) is 5.16 Å². The fraction of sp³-hybridized carbons (Fsp3) is 0.304. The molecule has 3 rings (SSSR count). The summed E-state index contributed by atoms with van der Waals surface area (Å²) in [4.78, 5) is 41.9. The van der Waals surface area contributed by atoms with Crippen molar-refractivity contribution in [2.45, 2.75) is 19.9 Å². The number of benzene rings is 1. The number of urea groups is 1. The summed E-state index contributed by atoms with van der Waals surface area (Å²) in [5.41, 5.74) is 0.897. The minimum absolute atomic E-state index is 0.0713. The lowest BCUT2D eigenvalue weighted by Crippen LogP contribution is -2.47. The smallest absolute Gasteiger partial charge is 0.347 e. The summed E-state index contributed by atoms with van der Waals surface area (Å²) < 4.78 is 21.0. The molecule has 1 atom stereocenters. The van der Waals surface area contributed by atoms with Crippen molar-refractivity contribution in [2.75, 3.05) is 26.9 Å². The van der Waals surface area contributed by atoms with Crippen molar-refractivity contribution in [3.05, 3.63) is 64.8 Å². The van der Waals surface area contributed by atoms with Crippen molar-refractivity contribution in [3.8, 4) is 5.75 Å². The molecule has 11 nitrogen and oxygen atoms in total. The Kier molecular flexibility index (Phi) is 8.27. The number of nitrogens with one attached hydrogen (secondary N) is 2. The Morgan fingerprint density at radius 1 is 1.15 bits per heavy atom. The molecular weight excluding hydrogens is 446 g/mol. The minimum Gasteiger partial charge on any atom is -0.497 e. The van der Waals surface area contributed by atoms with Crippen LogP contribution in [0.25, 0.3) is 0 Å². The normalized spacial score (nSPS) is 15.5. The van der Waals surface area contributed by atoms with Crippen LogP contribution in [0.1, 0.15) is 30.0 Å². The van der Waals surface area contributed by atoms with E-state index < -0.39 is 30.6 Å². The molecule has 1 aromatic carbocycles. The topological polar surface area (TPSA) is 138 Å². The number of rotatable bonds is 10. The monoisotopic (exact) mass is 471 g/mol. The van der Waals surface area contributed by atoms with E-state index in [1.54, 1.807) is 57.4 Å². The fourth-order valence-electron chi connectivity index (χ4n) is 3.08. The van der Waals surface area contributed by atoms with Crippen molar-refractivity contribution >= 4 is 24.2 Å². The third-order valence-electron chi connectivity index (χ3n) is 4.65. The highest BCUT2D eigenvalue weighted by atomic mass is 16.7. The van der Waals surface area contributed by atoms with Crippen molar-refractivity contribution < 1.29 is 37.8 Å². The fourth-order valence-corrected chi connectivity index (χ4v) is 3.08. The molecule has 1 aromatic heterocycles. The second-order valence-electron chi connectivity index (χ2n) is 7.03. The lowest BCUT2D eigenvalue weighted by molar-refractivity contribution is -0.148. The van der Waals surface area contributed by atoms with Crippen LogP contribution in [0.3, 0.4) is 0 Å². The Labute approximate surface area is 195 Å². The van der Waals surface area contributed by atoms with Gasteiger partial charge in [0.1, 0.15) is 29.9 Å². The highest BCUT2D eigenvalue weighted by Gasteiger charge is 2.36. The Bertz CT molecular complexity index is 1090. The number of hydrogen-bond donors (Lipinski definition) is 2. The molecule has 1 unspecified atom stereocenters. The van der Waals surface area contributed by atoms with E-state index in [1.165, 1.54) is 6.21 Å². The number of amides is 2. The van der Waals surface area contributed by atoms with E-state index in [4.69, 9.17) is 23.5 Å². The van der Waals surface area contributed by atoms with Crippen molar-refractivity contribution in [3.63, 3.8) is 0 Å². The van der Waals surface area contributed by atoms with Gasteiger partial charge >= 0.3 is 18.0 Å². The Morgan fingerprint density at radius 2 is 1.91 bits per heavy atom. The number of oxime groups is 1. The van der Waals surface area contributed by atoms with Crippen LogP contribution in [-0.4, -0.2) is 51.1 Å². The first-order valence-electron chi connectivity index (χ1n) is 10.4. The summed E-state index contributed by atoms with van der Waals surface area (Å²) in [5, 5.41) is 8.84. The molecule has 0 spiro atoms. The summed E-state index contributed by atoms with van der Waals surface area (Å²) in [7, 11) is 1.57. The van der Waals surface area contributed by atoms with Gasteiger partial charge in [0.2, 0.25) is 6.61 Å². The largest absolute Gasteiger partial charge is 0.497 e. The average Bonchev–Trinajstić information content (AvgIpc) is 3.26. The molecule has 2 heterocycles. The number of nitrogens with zero attached hydrogens (tertiary/aromatic N) is 1. The molecule has 0 radical (unpaired) electrons. The van der Waals surface area contributed by atoms with Crippen LogP contribution in [0.5, 0.6) is 5.75 Å². The zero-order chi connectivity index (χ0) is 24.5. The molecule has 2 amide bonds. The number of furan rings is 1. The molecule has 0 bridgehead atoms. The first-order valence-corrected chi connectivity index (χ1v) is 10.4. The van der Waals surface area contributed by atoms with Crippen LogP contribution in [-0.2, 0) is 23.9 Å². The SMILES string of the molecule is CCOC(=O)C1=C(COC(=O)CO/N=C/c2ccc(OC)cc2)NC(=O)NC1c1ccc(C)o1. The van der Waals surface area contributed by atoms with Crippen molar-refractivity contribution in [1.82, 2.24) is 10.6 Å². The number of hydrogen-bond acceptors (Lipinski definition) is 9. The Balaban J connectivity index is 1.64. The Hall–Kier alpha value is -4.28. The molecule has 0 saturated carbocycles. The van der Waals surface area contributed by atoms with Gasteiger partial charge in [0, 0.05) is 0 Å². The average molecular weight is 471 g/mol. The maximum atomic E-state index is 12.6. The predicted molar refractivity (Wildman–Crippen MR) is 119 cm³/mol. The van der Waals surface area contributed by atoms with Gasteiger partial charge in [-0.2, -0.15) is 0 Å². The third-order valence-corrected chi connectivity index (χ3v) is 4.65. The maximum Gasteiger partial charge on any atom is 0.347 e. The summed E-state index contributed by atoms with van der Waals surface area (Å²) >= 11 is 0. The van der Waals surface area contributed by atoms with Crippen LogP contribution in [0, 0.1) is 6.92 Å². The van der Waals surface area contributed by atoms with Gasteiger partial charge < -0.3 is 34.1 Å². The Morgan fingerprint density at radius 3 is 2.56 bits per heavy atom. The van der Waals surface area contributed by atoms with E-state index in [1.807, 2.05) is 0 Å². The van der Waals surface area contributed by atoms with Gasteiger partial charge in [-0.25, -0.2) is 14.4 Å². The van der Waals surface area contributed by atoms with Crippen molar-refractivity contribution in [1.29, 1.82) is 0 Å². The minimum atomic E-state index is -0.902. The number of ether oxygens (including phenoxy) is 3. The molecule has 0 saturated heterocycles. The molecule has 34 heavy (non-hydrogen) atoms. The van der Waals surface area contributed by atoms with E-state index in [9.17, 15) is 14.4 Å². The van der Waals surface area contributed by atoms with Crippen LogP contribution >= 0.6 is 0 Å². The summed E-state index contributed by atoms with van der Waals surface area (Å²) in [6.07, 6.45) is 1.43. The lowest BCUT2D eigenvalue weighted by atomic mass is 10.0. The van der Waals surface area contributed by atoms with Gasteiger partial charge in [0.15, 0.2) is 0 Å². The van der Waals surface area contributed by atoms with E-state index in [0.29, 0.717) is 17.3 Å². The molecule has 180 valence electrons. The van der Waals surface area contributed by atoms with Gasteiger partial charge in [-0.15, -0.1) is 0 Å². The van der Waals surface area contributed by atoms with E-state index in [-0.39, 0.29) is 24.5 Å². The van der Waals surface area contributed by atoms with E-state index >= 15 is 0 Å². The van der Waals surface area contributed by atoms with Crippen LogP contribution in [0.4, 0.5) is 4.79 Å². The predicted octanol–water partition coefficient (Wildman–Crippen LogP) is 2.36. The number of methoxy groups -OCH3 is 1. The second-order valence-corrected chi connectivity index (χ2v) is 7.03. The van der Waals surface area contributed by atoms with Gasteiger partial charge in [-0.05, 0) is 55.8 Å². The summed E-state index contributed by atoms with van der Waals surface area (Å²) in [5.74, 6) is 0.218. The first kappa shape index (κ1) is 24.4. The third kappa shape index (κ3) is 6.37. The summed E-state index contributed by atoms with van der Waals surface area (Å²) in [6, 6.07) is 8.91. The number of esters is 2. The highest BCUT2D eigenvalue weighted by molar-refractivity contribution is 5.95. The number of aryl methyl sites for hydroxylation is 1. The molecule has 1 aliphatic heterocycles. The first-order chi connectivity index (χ1) is 16.4. The maximum absolute atomic E-state index is 12.6. The van der Waals surface area contributed by atoms with E-state index in [2.05, 4.69) is 15.8 Å². The number of carbonyl (C=O) groups is 3. The molecule has 2 N–H and O–H groups in total. The highest BCUT2D eigenvalue weighted by Crippen LogP contribution is 2.29. The van der Waals surface area contributed by atoms with Crippen LogP contribution in [0.15, 0.2) is 57.2 Å². The van der Waals surface area contributed by atoms with Gasteiger partial charge in [0.25, 0.3) is 0 Å². The van der Waals surface area contributed by atoms with Crippen LogP contribution < -0.4 is 15.4 Å². The quantitative estimate of drug-likeness (QED) is 0.306. The zero-order valence-corrected chi connectivity index (χ0v) is 19.0. The van der Waals surface area contributed by atoms with Crippen LogP contribution in [0.2, 0.25) is 0 Å². The molecule has 2 aromatic rings. The molecular formula is C23H25N3O8. The van der Waals surface area contributed by atoms with Gasteiger partial charge in [0.05, 0.1) is 31.2 Å². The lowest BCUT2D eigenvalue weighted by Gasteiger charge is -2.27. The van der Waals surface area contributed by atoms with E-state index in [0.717, 1.165) is 5.56 Å². The number of carbonyl (C=O) groups excluding carboxylic acids is 3. The molecule has 0 fully saturated rings. The molecule has 11 heteroatoms. The molecule has 0 aliphatic carbocycles.